The molecular weight excluding hydrogens is 236 g/mol. The highest BCUT2D eigenvalue weighted by Crippen LogP contribution is 2.21. The Kier molecular flexibility index (Phi) is 4.39. The van der Waals surface area contributed by atoms with Gasteiger partial charge in [0.2, 0.25) is 0 Å². The van der Waals surface area contributed by atoms with E-state index in [1.54, 1.807) is 12.3 Å². The molecule has 2 rings (SSSR count). The second kappa shape index (κ2) is 6.23. The largest absolute Gasteiger partial charge is 0.357 e. The maximum Gasteiger partial charge on any atom is 0.268 e. The third-order valence-corrected chi connectivity index (χ3v) is 3.06. The summed E-state index contributed by atoms with van der Waals surface area (Å²) in [6.07, 6.45) is 2.69. The van der Waals surface area contributed by atoms with Crippen molar-refractivity contribution in [3.05, 3.63) is 59.9 Å². The van der Waals surface area contributed by atoms with Crippen LogP contribution in [0.1, 0.15) is 42.4 Å². The van der Waals surface area contributed by atoms with Crippen molar-refractivity contribution in [2.75, 3.05) is 0 Å². The zero-order chi connectivity index (χ0) is 13.7. The number of nitrogens with one attached hydrogen (secondary N) is 2. The zero-order valence-electron chi connectivity index (χ0n) is 11.4. The third-order valence-electron chi connectivity index (χ3n) is 3.06. The highest BCUT2D eigenvalue weighted by atomic mass is 16.1. The summed E-state index contributed by atoms with van der Waals surface area (Å²) in [5, 5.41) is 3.10. The van der Waals surface area contributed by atoms with E-state index >= 15 is 0 Å². The van der Waals surface area contributed by atoms with Crippen LogP contribution in [0, 0.1) is 5.92 Å². The van der Waals surface area contributed by atoms with Gasteiger partial charge in [-0.2, -0.15) is 0 Å². The quantitative estimate of drug-likeness (QED) is 0.844. The van der Waals surface area contributed by atoms with Gasteiger partial charge in [0.05, 0.1) is 6.04 Å². The highest BCUT2D eigenvalue weighted by molar-refractivity contribution is 5.92. The van der Waals surface area contributed by atoms with E-state index < -0.39 is 0 Å². The maximum atomic E-state index is 12.1. The molecule has 0 aliphatic rings. The number of hydrogen-bond acceptors (Lipinski definition) is 1. The van der Waals surface area contributed by atoms with Gasteiger partial charge in [0.1, 0.15) is 5.69 Å². The Labute approximate surface area is 114 Å². The van der Waals surface area contributed by atoms with Crippen LogP contribution in [0.15, 0.2) is 48.7 Å². The van der Waals surface area contributed by atoms with Crippen LogP contribution in [0.2, 0.25) is 0 Å². The van der Waals surface area contributed by atoms with E-state index in [4.69, 9.17) is 0 Å². The average Bonchev–Trinajstić information content (AvgIpc) is 2.92. The molecule has 0 bridgehead atoms. The first-order chi connectivity index (χ1) is 9.16. The normalized spacial score (nSPS) is 12.4. The van der Waals surface area contributed by atoms with Gasteiger partial charge in [-0.1, -0.05) is 44.2 Å². The van der Waals surface area contributed by atoms with Crippen LogP contribution >= 0.6 is 0 Å². The van der Waals surface area contributed by atoms with Gasteiger partial charge in [0, 0.05) is 6.20 Å². The lowest BCUT2D eigenvalue weighted by atomic mass is 9.97. The van der Waals surface area contributed by atoms with Crippen LogP contribution in [0.4, 0.5) is 0 Å². The first kappa shape index (κ1) is 13.4. The Morgan fingerprint density at radius 2 is 1.89 bits per heavy atom. The van der Waals surface area contributed by atoms with Gasteiger partial charge in [0.15, 0.2) is 0 Å². The van der Waals surface area contributed by atoms with Crippen molar-refractivity contribution in [2.45, 2.75) is 26.3 Å². The molecule has 1 aromatic heterocycles. The molecule has 100 valence electrons. The van der Waals surface area contributed by atoms with Crippen molar-refractivity contribution < 1.29 is 4.79 Å². The maximum absolute atomic E-state index is 12.1. The van der Waals surface area contributed by atoms with Gasteiger partial charge in [-0.05, 0) is 30.0 Å². The fourth-order valence-electron chi connectivity index (χ4n) is 2.14. The van der Waals surface area contributed by atoms with Crippen LogP contribution in [-0.4, -0.2) is 10.9 Å². The number of aromatic nitrogens is 1. The highest BCUT2D eigenvalue weighted by Gasteiger charge is 2.17. The van der Waals surface area contributed by atoms with Crippen molar-refractivity contribution in [3.63, 3.8) is 0 Å². The van der Waals surface area contributed by atoms with Crippen molar-refractivity contribution in [2.24, 2.45) is 5.92 Å². The molecule has 0 saturated heterocycles. The Morgan fingerprint density at radius 3 is 2.47 bits per heavy atom. The van der Waals surface area contributed by atoms with Crippen LogP contribution < -0.4 is 5.32 Å². The molecule has 3 nitrogen and oxygen atoms in total. The van der Waals surface area contributed by atoms with E-state index in [0.717, 1.165) is 12.0 Å². The molecule has 2 aromatic rings. The SMILES string of the molecule is CC(C)C[C@@H](NC(=O)c1ccc[nH]1)c1ccccc1. The van der Waals surface area contributed by atoms with Gasteiger partial charge in [-0.3, -0.25) is 4.79 Å². The van der Waals surface area contributed by atoms with E-state index in [1.807, 2.05) is 24.3 Å². The summed E-state index contributed by atoms with van der Waals surface area (Å²) in [5.41, 5.74) is 1.75. The molecule has 0 radical (unpaired) electrons. The molecule has 0 fully saturated rings. The number of H-pyrrole nitrogens is 1. The number of carbonyl (C=O) groups excluding carboxylic acids is 1. The third kappa shape index (κ3) is 3.71. The molecule has 2 N–H and O–H groups in total. The summed E-state index contributed by atoms with van der Waals surface area (Å²) in [5.74, 6) is 0.466. The van der Waals surface area contributed by atoms with Gasteiger partial charge in [-0.15, -0.1) is 0 Å². The van der Waals surface area contributed by atoms with Gasteiger partial charge in [0.25, 0.3) is 5.91 Å². The standard InChI is InChI=1S/C16H20N2O/c1-12(2)11-15(13-7-4-3-5-8-13)18-16(19)14-9-6-10-17-14/h3-10,12,15,17H,11H2,1-2H3,(H,18,19)/t15-/m1/s1. The van der Waals surface area contributed by atoms with Crippen LogP contribution in [0.5, 0.6) is 0 Å². The van der Waals surface area contributed by atoms with E-state index in [2.05, 4.69) is 36.3 Å². The number of carbonyl (C=O) groups is 1. The summed E-state index contributed by atoms with van der Waals surface area (Å²) in [7, 11) is 0. The number of benzene rings is 1. The van der Waals surface area contributed by atoms with Gasteiger partial charge >= 0.3 is 0 Å². The lowest BCUT2D eigenvalue weighted by Gasteiger charge is -2.20. The molecule has 0 aliphatic heterocycles. The number of hydrogen-bond donors (Lipinski definition) is 2. The second-order valence-corrected chi connectivity index (χ2v) is 5.15. The lowest BCUT2D eigenvalue weighted by Crippen LogP contribution is -2.29. The number of aromatic amines is 1. The summed E-state index contributed by atoms with van der Waals surface area (Å²) in [6, 6.07) is 13.8. The van der Waals surface area contributed by atoms with E-state index in [0.29, 0.717) is 11.6 Å². The second-order valence-electron chi connectivity index (χ2n) is 5.15. The molecule has 1 atom stereocenters. The van der Waals surface area contributed by atoms with Crippen molar-refractivity contribution >= 4 is 5.91 Å². The van der Waals surface area contributed by atoms with Crippen LogP contribution in [0.25, 0.3) is 0 Å². The molecule has 1 aromatic carbocycles. The summed E-state index contributed by atoms with van der Waals surface area (Å²) in [6.45, 7) is 4.33. The Balaban J connectivity index is 2.13. The van der Waals surface area contributed by atoms with Gasteiger partial charge < -0.3 is 10.3 Å². The molecule has 0 aliphatic carbocycles. The minimum absolute atomic E-state index is 0.0528. The fourth-order valence-corrected chi connectivity index (χ4v) is 2.14. The minimum Gasteiger partial charge on any atom is -0.357 e. The van der Waals surface area contributed by atoms with Crippen molar-refractivity contribution in [1.82, 2.24) is 10.3 Å². The van der Waals surface area contributed by atoms with Crippen LogP contribution in [-0.2, 0) is 0 Å². The van der Waals surface area contributed by atoms with Gasteiger partial charge in [-0.25, -0.2) is 0 Å². The summed E-state index contributed by atoms with van der Waals surface area (Å²) in [4.78, 5) is 15.1. The van der Waals surface area contributed by atoms with Crippen LogP contribution in [0.3, 0.4) is 0 Å². The fraction of sp³-hybridized carbons (Fsp3) is 0.312. The number of rotatable bonds is 5. The molecule has 19 heavy (non-hydrogen) atoms. The average molecular weight is 256 g/mol. The Bertz CT molecular complexity index is 503. The molecule has 0 spiro atoms. The minimum atomic E-state index is -0.0560. The monoisotopic (exact) mass is 256 g/mol. The Morgan fingerprint density at radius 1 is 1.16 bits per heavy atom. The van der Waals surface area contributed by atoms with Crippen molar-refractivity contribution in [1.29, 1.82) is 0 Å². The molecule has 1 heterocycles. The Hall–Kier alpha value is -2.03. The zero-order valence-corrected chi connectivity index (χ0v) is 11.4. The lowest BCUT2D eigenvalue weighted by molar-refractivity contribution is 0.0927. The molecule has 0 saturated carbocycles. The summed E-state index contributed by atoms with van der Waals surface area (Å²) < 4.78 is 0. The number of amides is 1. The first-order valence-electron chi connectivity index (χ1n) is 6.66. The van der Waals surface area contributed by atoms with E-state index in [1.165, 1.54) is 0 Å². The predicted molar refractivity (Wildman–Crippen MR) is 76.9 cm³/mol. The summed E-state index contributed by atoms with van der Waals surface area (Å²) >= 11 is 0. The first-order valence-corrected chi connectivity index (χ1v) is 6.66. The molecule has 1 amide bonds. The topological polar surface area (TPSA) is 44.9 Å². The molecule has 3 heteroatoms. The molecule has 0 unspecified atom stereocenters. The van der Waals surface area contributed by atoms with E-state index in [-0.39, 0.29) is 11.9 Å². The van der Waals surface area contributed by atoms with Crippen molar-refractivity contribution in [3.8, 4) is 0 Å². The smallest absolute Gasteiger partial charge is 0.268 e. The predicted octanol–water partition coefficient (Wildman–Crippen LogP) is 3.53. The molecular formula is C16H20N2O. The van der Waals surface area contributed by atoms with E-state index in [9.17, 15) is 4.79 Å².